The molecule has 0 aliphatic carbocycles. The van der Waals surface area contributed by atoms with Gasteiger partial charge < -0.3 is 20.7 Å². The molecule has 4 aromatic rings. The van der Waals surface area contributed by atoms with Crippen LogP contribution in [0.5, 0.6) is 0 Å². The zero-order valence-electron chi connectivity index (χ0n) is 26.3. The fraction of sp³-hybridized carbons (Fsp3) is 0.400. The van der Waals surface area contributed by atoms with Crippen molar-refractivity contribution in [3.05, 3.63) is 76.6 Å². The number of ether oxygens (including phenoxy) is 1. The first-order valence-electron chi connectivity index (χ1n) is 15.8. The van der Waals surface area contributed by atoms with Gasteiger partial charge in [-0.05, 0) is 67.5 Å². The fourth-order valence-electron chi connectivity index (χ4n) is 5.76. The van der Waals surface area contributed by atoms with Gasteiger partial charge in [0.2, 0.25) is 11.8 Å². The Bertz CT molecular complexity index is 1670. The predicted molar refractivity (Wildman–Crippen MR) is 175 cm³/mol. The lowest BCUT2D eigenvalue weighted by molar-refractivity contribution is -0.126. The number of anilines is 1. The minimum absolute atomic E-state index is 0.0804. The van der Waals surface area contributed by atoms with E-state index in [1.54, 1.807) is 6.07 Å². The number of nitrogens with one attached hydrogen (secondary N) is 3. The number of aryl methyl sites for hydroxylation is 3. The number of fused-ring (bicyclic) bond motifs is 1. The first-order valence-corrected chi connectivity index (χ1v) is 15.8. The Labute approximate surface area is 264 Å². The van der Waals surface area contributed by atoms with Crippen molar-refractivity contribution in [3.8, 4) is 11.1 Å². The number of amides is 2. The van der Waals surface area contributed by atoms with Crippen molar-refractivity contribution in [2.45, 2.75) is 78.6 Å². The van der Waals surface area contributed by atoms with Crippen molar-refractivity contribution < 1.29 is 19.1 Å². The summed E-state index contributed by atoms with van der Waals surface area (Å²) in [6, 6.07) is 13.7. The zero-order valence-corrected chi connectivity index (χ0v) is 26.3. The molecule has 1 aliphatic heterocycles. The lowest BCUT2D eigenvalue weighted by Gasteiger charge is -2.26. The van der Waals surface area contributed by atoms with Gasteiger partial charge in [-0.1, -0.05) is 37.3 Å². The number of benzene rings is 2. The maximum atomic E-state index is 12.9. The molecule has 236 valence electrons. The normalized spacial score (nSPS) is 13.5. The van der Waals surface area contributed by atoms with E-state index in [-0.39, 0.29) is 30.7 Å². The summed E-state index contributed by atoms with van der Waals surface area (Å²) in [7, 11) is 0. The number of aromatic nitrogens is 3. The number of rotatable bonds is 13. The molecule has 0 bridgehead atoms. The van der Waals surface area contributed by atoms with Crippen LogP contribution in [0.15, 0.2) is 48.7 Å². The maximum absolute atomic E-state index is 12.9. The highest BCUT2D eigenvalue weighted by Gasteiger charge is 2.22. The van der Waals surface area contributed by atoms with Crippen LogP contribution in [0.25, 0.3) is 22.2 Å². The number of carbonyl (C=O) groups excluding carboxylic acids is 3. The number of pyridine rings is 1. The van der Waals surface area contributed by atoms with Crippen molar-refractivity contribution in [1.82, 2.24) is 25.4 Å². The Morgan fingerprint density at radius 2 is 1.78 bits per heavy atom. The molecule has 0 atom stereocenters. The molecule has 3 N–H and O–H groups in total. The molecule has 1 saturated heterocycles. The molecule has 10 heteroatoms. The molecule has 0 saturated carbocycles. The number of aldehydes is 1. The number of hydrogen-bond acceptors (Lipinski definition) is 7. The second-order valence-corrected chi connectivity index (χ2v) is 11.4. The van der Waals surface area contributed by atoms with Crippen LogP contribution >= 0.6 is 0 Å². The minimum atomic E-state index is -0.193. The number of carbonyl (C=O) groups is 3. The molecule has 2 amide bonds. The van der Waals surface area contributed by atoms with Gasteiger partial charge in [-0.3, -0.25) is 14.4 Å². The van der Waals surface area contributed by atoms with E-state index in [1.165, 1.54) is 0 Å². The lowest BCUT2D eigenvalue weighted by atomic mass is 9.97. The van der Waals surface area contributed by atoms with E-state index >= 15 is 0 Å². The van der Waals surface area contributed by atoms with Crippen LogP contribution in [0, 0.1) is 6.92 Å². The van der Waals surface area contributed by atoms with E-state index in [0.29, 0.717) is 25.1 Å². The van der Waals surface area contributed by atoms with Crippen molar-refractivity contribution in [2.24, 2.45) is 0 Å². The quantitative estimate of drug-likeness (QED) is 0.180. The predicted octanol–water partition coefficient (Wildman–Crippen LogP) is 5.11. The smallest absolute Gasteiger partial charge is 0.220 e. The van der Waals surface area contributed by atoms with E-state index < -0.39 is 0 Å². The molecule has 1 aliphatic rings. The second-order valence-electron chi connectivity index (χ2n) is 11.4. The summed E-state index contributed by atoms with van der Waals surface area (Å²) in [5.74, 6) is -0.386. The van der Waals surface area contributed by atoms with E-state index in [2.05, 4.69) is 28.0 Å². The molecule has 45 heavy (non-hydrogen) atoms. The van der Waals surface area contributed by atoms with Gasteiger partial charge in [0.1, 0.15) is 6.29 Å². The van der Waals surface area contributed by atoms with E-state index in [1.807, 2.05) is 61.1 Å². The first kappa shape index (κ1) is 31.8. The second kappa shape index (κ2) is 14.9. The summed E-state index contributed by atoms with van der Waals surface area (Å²) < 4.78 is 7.45. The Hall–Kier alpha value is -4.57. The largest absolute Gasteiger partial charge is 0.381 e. The summed E-state index contributed by atoms with van der Waals surface area (Å²) in [4.78, 5) is 41.8. The van der Waals surface area contributed by atoms with Crippen LogP contribution in [-0.2, 0) is 40.4 Å². The van der Waals surface area contributed by atoms with Crippen LogP contribution in [0.1, 0.15) is 72.3 Å². The molecule has 0 radical (unpaired) electrons. The average Bonchev–Trinajstić information content (AvgIpc) is 3.49. The van der Waals surface area contributed by atoms with Gasteiger partial charge in [0, 0.05) is 68.6 Å². The molecule has 1 fully saturated rings. The van der Waals surface area contributed by atoms with Crippen molar-refractivity contribution in [2.75, 3.05) is 18.5 Å². The summed E-state index contributed by atoms with van der Waals surface area (Å²) in [6.45, 7) is 8.94. The maximum Gasteiger partial charge on any atom is 0.220 e. The monoisotopic (exact) mass is 610 g/mol. The Morgan fingerprint density at radius 3 is 2.49 bits per heavy atom. The Morgan fingerprint density at radius 1 is 1.02 bits per heavy atom. The third-order valence-electron chi connectivity index (χ3n) is 8.34. The van der Waals surface area contributed by atoms with Crippen molar-refractivity contribution >= 4 is 34.8 Å². The molecule has 0 spiro atoms. The van der Waals surface area contributed by atoms with Crippen LogP contribution in [0.2, 0.25) is 0 Å². The molecule has 2 aromatic carbocycles. The van der Waals surface area contributed by atoms with Gasteiger partial charge in [-0.15, -0.1) is 0 Å². The molecule has 3 heterocycles. The van der Waals surface area contributed by atoms with E-state index in [4.69, 9.17) is 9.72 Å². The third-order valence-corrected chi connectivity index (χ3v) is 8.34. The zero-order chi connectivity index (χ0) is 31.8. The third kappa shape index (κ3) is 7.75. The van der Waals surface area contributed by atoms with Crippen LogP contribution in [0.3, 0.4) is 0 Å². The highest BCUT2D eigenvalue weighted by atomic mass is 16.5. The van der Waals surface area contributed by atoms with Gasteiger partial charge in [0.15, 0.2) is 5.65 Å². The van der Waals surface area contributed by atoms with Gasteiger partial charge in [-0.25, -0.2) is 9.67 Å². The molecule has 2 aromatic heterocycles. The fourth-order valence-corrected chi connectivity index (χ4v) is 5.76. The molecule has 10 nitrogen and oxygen atoms in total. The molecular formula is C35H42N6O4. The highest BCUT2D eigenvalue weighted by molar-refractivity contribution is 5.92. The van der Waals surface area contributed by atoms with Crippen LogP contribution in [-0.4, -0.2) is 52.1 Å². The van der Waals surface area contributed by atoms with Crippen molar-refractivity contribution in [1.29, 1.82) is 0 Å². The van der Waals surface area contributed by atoms with Gasteiger partial charge in [0.05, 0.1) is 17.3 Å². The SMILES string of the molecule is CCc1nc2c(cnn2CC)c(NC2CCOCC2)c1CNC(=O)CCC(=O)NCc1ccc(C)c(-c2cccc(C=O)c2)c1. The number of nitrogens with zero attached hydrogens (tertiary/aromatic N) is 3. The Kier molecular flexibility index (Phi) is 10.6. The van der Waals surface area contributed by atoms with Crippen LogP contribution in [0.4, 0.5) is 5.69 Å². The van der Waals surface area contributed by atoms with E-state index in [9.17, 15) is 14.4 Å². The van der Waals surface area contributed by atoms with Gasteiger partial charge >= 0.3 is 0 Å². The molecule has 5 rings (SSSR count). The van der Waals surface area contributed by atoms with Crippen LogP contribution < -0.4 is 16.0 Å². The topological polar surface area (TPSA) is 127 Å². The average molecular weight is 611 g/mol. The van der Waals surface area contributed by atoms with Gasteiger partial charge in [-0.2, -0.15) is 5.10 Å². The summed E-state index contributed by atoms with van der Waals surface area (Å²) >= 11 is 0. The first-order chi connectivity index (χ1) is 21.9. The minimum Gasteiger partial charge on any atom is -0.381 e. The van der Waals surface area contributed by atoms with Crippen molar-refractivity contribution in [3.63, 3.8) is 0 Å². The summed E-state index contributed by atoms with van der Waals surface area (Å²) in [5, 5.41) is 15.2. The molecule has 0 unspecified atom stereocenters. The Balaban J connectivity index is 1.20. The summed E-state index contributed by atoms with van der Waals surface area (Å²) in [5.41, 5.74) is 8.28. The van der Waals surface area contributed by atoms with E-state index in [0.717, 1.165) is 89.1 Å². The lowest BCUT2D eigenvalue weighted by Crippen LogP contribution is -2.30. The standard InChI is InChI=1S/C35H42N6O4/c1-4-31-29(34(39-27-13-15-45-16-14-27)30-21-38-41(5-2)35(30)40-31)20-37-33(44)12-11-32(43)36-19-24-10-9-23(3)28(18-24)26-8-6-7-25(17-26)22-42/h6-10,17-18,21-22,27H,4-5,11-16,19-20H2,1-3H3,(H,36,43)(H,37,44)(H,39,40). The molecular weight excluding hydrogens is 568 g/mol. The summed E-state index contributed by atoms with van der Waals surface area (Å²) in [6.07, 6.45) is 5.38. The number of hydrogen-bond donors (Lipinski definition) is 3. The van der Waals surface area contributed by atoms with Gasteiger partial charge in [0.25, 0.3) is 0 Å². The highest BCUT2D eigenvalue weighted by Crippen LogP contribution is 2.31.